The molecule has 1 atom stereocenters. The van der Waals surface area contributed by atoms with Crippen molar-refractivity contribution < 1.29 is 14.3 Å². The van der Waals surface area contributed by atoms with Gasteiger partial charge in [-0.25, -0.2) is 0 Å². The summed E-state index contributed by atoms with van der Waals surface area (Å²) in [5, 5.41) is 0. The van der Waals surface area contributed by atoms with Crippen LogP contribution in [0.25, 0.3) is 0 Å². The van der Waals surface area contributed by atoms with Crippen molar-refractivity contribution in [3.05, 3.63) is 0 Å². The lowest BCUT2D eigenvalue weighted by Gasteiger charge is -2.20. The van der Waals surface area contributed by atoms with E-state index >= 15 is 0 Å². The van der Waals surface area contributed by atoms with E-state index in [1.807, 2.05) is 0 Å². The summed E-state index contributed by atoms with van der Waals surface area (Å²) in [6, 6.07) is -0.887. The topological polar surface area (TPSA) is 98.7 Å². The van der Waals surface area contributed by atoms with Crippen LogP contribution < -0.4 is 11.5 Å². The van der Waals surface area contributed by atoms with E-state index in [4.69, 9.17) is 16.2 Å². The molecule has 0 spiro atoms. The summed E-state index contributed by atoms with van der Waals surface area (Å²) < 4.78 is 5.21. The summed E-state index contributed by atoms with van der Waals surface area (Å²) in [6.45, 7) is 2.43. The third-order valence-electron chi connectivity index (χ3n) is 2.33. The Bertz CT molecular complexity index is 237. The molecule has 0 radical (unpaired) electrons. The first-order valence-corrected chi connectivity index (χ1v) is 5.01. The van der Waals surface area contributed by atoms with Crippen molar-refractivity contribution in [3.8, 4) is 0 Å². The number of nitrogens with zero attached hydrogens (tertiary/aromatic N) is 1. The first-order valence-electron chi connectivity index (χ1n) is 5.01. The number of carbonyl (C=O) groups excluding carboxylic acids is 2. The van der Waals surface area contributed by atoms with Gasteiger partial charge in [-0.05, 0) is 6.42 Å². The Labute approximate surface area is 88.5 Å². The zero-order valence-corrected chi connectivity index (χ0v) is 8.65. The molecule has 0 aliphatic carbocycles. The molecule has 6 nitrogen and oxygen atoms in total. The van der Waals surface area contributed by atoms with E-state index < -0.39 is 11.9 Å². The maximum absolute atomic E-state index is 11.6. The lowest BCUT2D eigenvalue weighted by atomic mass is 10.2. The van der Waals surface area contributed by atoms with Gasteiger partial charge < -0.3 is 21.1 Å². The van der Waals surface area contributed by atoms with Crippen molar-refractivity contribution in [2.24, 2.45) is 11.5 Å². The molecule has 2 amide bonds. The third-order valence-corrected chi connectivity index (χ3v) is 2.33. The molecule has 0 aromatic carbocycles. The standard InChI is InChI=1S/C9H17N3O3/c10-7(9(11)14)6-8(13)12-2-1-4-15-5-3-12/h7H,1-6,10H2,(H2,11,14)/t7-/m1/s1. The van der Waals surface area contributed by atoms with E-state index in [2.05, 4.69) is 0 Å². The van der Waals surface area contributed by atoms with Crippen LogP contribution in [0.1, 0.15) is 12.8 Å². The maximum atomic E-state index is 11.6. The molecule has 15 heavy (non-hydrogen) atoms. The zero-order chi connectivity index (χ0) is 11.3. The number of hydrogen-bond donors (Lipinski definition) is 2. The Morgan fingerprint density at radius 1 is 1.33 bits per heavy atom. The van der Waals surface area contributed by atoms with Gasteiger partial charge in [-0.2, -0.15) is 0 Å². The maximum Gasteiger partial charge on any atom is 0.234 e. The summed E-state index contributed by atoms with van der Waals surface area (Å²) in [5.41, 5.74) is 10.4. The second kappa shape index (κ2) is 5.67. The average Bonchev–Trinajstić information content (AvgIpc) is 2.45. The molecule has 1 aliphatic rings. The fourth-order valence-corrected chi connectivity index (χ4v) is 1.41. The van der Waals surface area contributed by atoms with E-state index in [0.29, 0.717) is 26.3 Å². The molecule has 1 fully saturated rings. The highest BCUT2D eigenvalue weighted by Gasteiger charge is 2.20. The number of ether oxygens (including phenoxy) is 1. The van der Waals surface area contributed by atoms with Crippen molar-refractivity contribution in [3.63, 3.8) is 0 Å². The minimum absolute atomic E-state index is 0.0185. The minimum Gasteiger partial charge on any atom is -0.380 e. The fourth-order valence-electron chi connectivity index (χ4n) is 1.41. The number of hydrogen-bond acceptors (Lipinski definition) is 4. The molecule has 4 N–H and O–H groups in total. The summed E-state index contributed by atoms with van der Waals surface area (Å²) in [5.74, 6) is -0.777. The summed E-state index contributed by atoms with van der Waals surface area (Å²) in [7, 11) is 0. The smallest absolute Gasteiger partial charge is 0.234 e. The molecule has 86 valence electrons. The van der Waals surface area contributed by atoms with Gasteiger partial charge in [-0.15, -0.1) is 0 Å². The lowest BCUT2D eigenvalue weighted by Crippen LogP contribution is -2.43. The summed E-state index contributed by atoms with van der Waals surface area (Å²) in [4.78, 5) is 24.0. The first kappa shape index (κ1) is 11.9. The van der Waals surface area contributed by atoms with Gasteiger partial charge in [0.1, 0.15) is 0 Å². The highest BCUT2D eigenvalue weighted by molar-refractivity contribution is 5.87. The predicted octanol–water partition coefficient (Wildman–Crippen LogP) is -1.56. The molecular formula is C9H17N3O3. The van der Waals surface area contributed by atoms with E-state index in [0.717, 1.165) is 6.42 Å². The van der Waals surface area contributed by atoms with Crippen molar-refractivity contribution in [2.45, 2.75) is 18.9 Å². The lowest BCUT2D eigenvalue weighted by molar-refractivity contribution is -0.133. The highest BCUT2D eigenvalue weighted by atomic mass is 16.5. The van der Waals surface area contributed by atoms with Crippen LogP contribution in [0.15, 0.2) is 0 Å². The third kappa shape index (κ3) is 3.85. The SMILES string of the molecule is NC(=O)[C@H](N)CC(=O)N1CCCOCC1. The van der Waals surface area contributed by atoms with Gasteiger partial charge in [-0.1, -0.05) is 0 Å². The second-order valence-electron chi connectivity index (χ2n) is 3.56. The van der Waals surface area contributed by atoms with E-state index in [-0.39, 0.29) is 12.3 Å². The normalized spacial score (nSPS) is 19.4. The molecule has 0 aromatic rings. The Hall–Kier alpha value is -1.14. The van der Waals surface area contributed by atoms with Crippen LogP contribution in [-0.2, 0) is 14.3 Å². The molecule has 1 heterocycles. The van der Waals surface area contributed by atoms with Crippen LogP contribution in [-0.4, -0.2) is 49.1 Å². The van der Waals surface area contributed by atoms with Crippen LogP contribution in [0, 0.1) is 0 Å². The molecule has 1 saturated heterocycles. The Balaban J connectivity index is 2.41. The van der Waals surface area contributed by atoms with E-state index in [1.54, 1.807) is 4.90 Å². The zero-order valence-electron chi connectivity index (χ0n) is 8.65. The van der Waals surface area contributed by atoms with Crippen LogP contribution in [0.4, 0.5) is 0 Å². The van der Waals surface area contributed by atoms with Crippen LogP contribution >= 0.6 is 0 Å². The fraction of sp³-hybridized carbons (Fsp3) is 0.778. The summed E-state index contributed by atoms with van der Waals surface area (Å²) >= 11 is 0. The van der Waals surface area contributed by atoms with Gasteiger partial charge in [-0.3, -0.25) is 9.59 Å². The number of primary amides is 1. The van der Waals surface area contributed by atoms with Gasteiger partial charge >= 0.3 is 0 Å². The number of carbonyl (C=O) groups is 2. The molecule has 1 aliphatic heterocycles. The molecule has 0 saturated carbocycles. The first-order chi connectivity index (χ1) is 7.11. The van der Waals surface area contributed by atoms with Gasteiger partial charge in [0.15, 0.2) is 0 Å². The predicted molar refractivity (Wildman–Crippen MR) is 53.8 cm³/mol. The van der Waals surface area contributed by atoms with Crippen molar-refractivity contribution in [2.75, 3.05) is 26.3 Å². The quantitative estimate of drug-likeness (QED) is 0.594. The molecule has 0 bridgehead atoms. The van der Waals surface area contributed by atoms with E-state index in [9.17, 15) is 9.59 Å². The molecular weight excluding hydrogens is 198 g/mol. The molecule has 0 unspecified atom stereocenters. The van der Waals surface area contributed by atoms with Crippen LogP contribution in [0.2, 0.25) is 0 Å². The molecule has 0 aromatic heterocycles. The number of rotatable bonds is 3. The number of amides is 2. The molecule has 6 heteroatoms. The Morgan fingerprint density at radius 2 is 2.07 bits per heavy atom. The Kier molecular flexibility index (Phi) is 4.51. The van der Waals surface area contributed by atoms with Gasteiger partial charge in [0.2, 0.25) is 11.8 Å². The molecule has 1 rings (SSSR count). The largest absolute Gasteiger partial charge is 0.380 e. The van der Waals surface area contributed by atoms with Crippen LogP contribution in [0.5, 0.6) is 0 Å². The van der Waals surface area contributed by atoms with Crippen molar-refractivity contribution in [1.29, 1.82) is 0 Å². The minimum atomic E-state index is -0.887. The van der Waals surface area contributed by atoms with Gasteiger partial charge in [0.05, 0.1) is 19.1 Å². The van der Waals surface area contributed by atoms with Gasteiger partial charge in [0, 0.05) is 19.7 Å². The Morgan fingerprint density at radius 3 is 2.73 bits per heavy atom. The van der Waals surface area contributed by atoms with E-state index in [1.165, 1.54) is 0 Å². The van der Waals surface area contributed by atoms with Gasteiger partial charge in [0.25, 0.3) is 0 Å². The van der Waals surface area contributed by atoms with Crippen molar-refractivity contribution in [1.82, 2.24) is 4.90 Å². The monoisotopic (exact) mass is 215 g/mol. The van der Waals surface area contributed by atoms with Crippen LogP contribution in [0.3, 0.4) is 0 Å². The van der Waals surface area contributed by atoms with Crippen molar-refractivity contribution >= 4 is 11.8 Å². The average molecular weight is 215 g/mol. The highest BCUT2D eigenvalue weighted by Crippen LogP contribution is 2.02. The number of nitrogens with two attached hydrogens (primary N) is 2. The summed E-state index contributed by atoms with van der Waals surface area (Å²) in [6.07, 6.45) is 0.798. The second-order valence-corrected chi connectivity index (χ2v) is 3.56.